The fourth-order valence-electron chi connectivity index (χ4n) is 1.48. The van der Waals surface area contributed by atoms with E-state index in [4.69, 9.17) is 10.8 Å². The van der Waals surface area contributed by atoms with Crippen molar-refractivity contribution in [3.05, 3.63) is 0 Å². The molecule has 7 nitrogen and oxygen atoms in total. The van der Waals surface area contributed by atoms with E-state index < -0.39 is 11.5 Å². The molecule has 3 N–H and O–H groups in total. The Bertz CT molecular complexity index is 405. The second-order valence-corrected chi connectivity index (χ2v) is 4.94. The van der Waals surface area contributed by atoms with Gasteiger partial charge < -0.3 is 10.8 Å². The maximum atomic E-state index is 11.2. The smallest absolute Gasteiger partial charge is 0.324 e. The normalized spacial score (nSPS) is 19.4. The van der Waals surface area contributed by atoms with Crippen molar-refractivity contribution < 1.29 is 9.90 Å². The molecular formula is C8H13N5O2S. The van der Waals surface area contributed by atoms with E-state index in [1.807, 2.05) is 0 Å². The highest BCUT2D eigenvalue weighted by atomic mass is 32.2. The molecule has 1 atom stereocenters. The summed E-state index contributed by atoms with van der Waals surface area (Å²) in [6.45, 7) is 0. The Morgan fingerprint density at radius 1 is 1.75 bits per heavy atom. The molecule has 16 heavy (non-hydrogen) atoms. The lowest BCUT2D eigenvalue weighted by Gasteiger charge is -2.23. The van der Waals surface area contributed by atoms with E-state index in [-0.39, 0.29) is 5.92 Å². The van der Waals surface area contributed by atoms with Gasteiger partial charge in [-0.15, -0.1) is 5.10 Å². The molecule has 2 rings (SSSR count). The number of aromatic nitrogens is 4. The van der Waals surface area contributed by atoms with Crippen LogP contribution in [-0.4, -0.2) is 42.6 Å². The van der Waals surface area contributed by atoms with Crippen LogP contribution in [0.3, 0.4) is 0 Å². The number of carboxylic acids is 1. The van der Waals surface area contributed by atoms with Crippen LogP contribution in [0.1, 0.15) is 12.8 Å². The molecule has 1 fully saturated rings. The highest BCUT2D eigenvalue weighted by molar-refractivity contribution is 7.99. The molecule has 0 aliphatic heterocycles. The summed E-state index contributed by atoms with van der Waals surface area (Å²) < 4.78 is 1.50. The summed E-state index contributed by atoms with van der Waals surface area (Å²) in [4.78, 5) is 11.2. The van der Waals surface area contributed by atoms with Gasteiger partial charge in [0.15, 0.2) is 0 Å². The Hall–Kier alpha value is -1.15. The van der Waals surface area contributed by atoms with Gasteiger partial charge >= 0.3 is 5.97 Å². The summed E-state index contributed by atoms with van der Waals surface area (Å²) in [5, 5.41) is 20.6. The number of nitrogens with zero attached hydrogens (tertiary/aromatic N) is 4. The van der Waals surface area contributed by atoms with Gasteiger partial charge in [-0.05, 0) is 29.2 Å². The molecule has 1 aromatic heterocycles. The van der Waals surface area contributed by atoms with Crippen molar-refractivity contribution in [2.24, 2.45) is 18.7 Å². The first kappa shape index (κ1) is 11.3. The fraction of sp³-hybridized carbons (Fsp3) is 0.750. The summed E-state index contributed by atoms with van der Waals surface area (Å²) in [7, 11) is 1.71. The van der Waals surface area contributed by atoms with Crippen LogP contribution in [0.2, 0.25) is 0 Å². The van der Waals surface area contributed by atoms with Crippen LogP contribution in [-0.2, 0) is 11.8 Å². The third kappa shape index (κ3) is 2.03. The molecule has 1 unspecified atom stereocenters. The minimum atomic E-state index is -1.16. The van der Waals surface area contributed by atoms with Gasteiger partial charge in [0.25, 0.3) is 0 Å². The molecule has 1 aromatic rings. The number of aliphatic carboxylic acids is 1. The van der Waals surface area contributed by atoms with E-state index in [2.05, 4.69) is 15.5 Å². The van der Waals surface area contributed by atoms with Crippen LogP contribution >= 0.6 is 11.8 Å². The lowest BCUT2D eigenvalue weighted by atomic mass is 9.98. The summed E-state index contributed by atoms with van der Waals surface area (Å²) in [5.74, 6) is -0.572. The van der Waals surface area contributed by atoms with Crippen molar-refractivity contribution in [1.82, 2.24) is 20.2 Å². The molecule has 0 radical (unpaired) electrons. The van der Waals surface area contributed by atoms with Gasteiger partial charge in [-0.3, -0.25) is 4.79 Å². The van der Waals surface area contributed by atoms with Crippen LogP contribution in [0.4, 0.5) is 0 Å². The van der Waals surface area contributed by atoms with Gasteiger partial charge in [0, 0.05) is 12.8 Å². The molecule has 1 aliphatic rings. The number of hydrogen-bond donors (Lipinski definition) is 2. The van der Waals surface area contributed by atoms with Crippen molar-refractivity contribution in [2.75, 3.05) is 5.75 Å². The van der Waals surface area contributed by atoms with E-state index in [0.29, 0.717) is 10.9 Å². The standard InChI is InChI=1S/C8H13N5O2S/c1-13-7(10-11-12-13)16-4-8(9,6(14)15)5-2-3-5/h5H,2-4,9H2,1H3,(H,14,15). The minimum absolute atomic E-state index is 0.0821. The average molecular weight is 243 g/mol. The monoisotopic (exact) mass is 243 g/mol. The van der Waals surface area contributed by atoms with E-state index >= 15 is 0 Å². The maximum Gasteiger partial charge on any atom is 0.324 e. The van der Waals surface area contributed by atoms with Crippen LogP contribution in [0.15, 0.2) is 5.16 Å². The number of aryl methyl sites for hydroxylation is 1. The number of carboxylic acid groups (broad SMARTS) is 1. The number of nitrogens with two attached hydrogens (primary N) is 1. The van der Waals surface area contributed by atoms with Crippen LogP contribution in [0, 0.1) is 5.92 Å². The first-order valence-electron chi connectivity index (χ1n) is 4.91. The lowest BCUT2D eigenvalue weighted by molar-refractivity contribution is -0.143. The Labute approximate surface area is 96.4 Å². The van der Waals surface area contributed by atoms with Gasteiger partial charge in [-0.25, -0.2) is 4.68 Å². The second-order valence-electron chi connectivity index (χ2n) is 3.99. The molecule has 0 amide bonds. The molecular weight excluding hydrogens is 230 g/mol. The summed E-state index contributed by atoms with van der Waals surface area (Å²) in [6, 6.07) is 0. The highest BCUT2D eigenvalue weighted by Crippen LogP contribution is 2.40. The largest absolute Gasteiger partial charge is 0.480 e. The maximum absolute atomic E-state index is 11.2. The highest BCUT2D eigenvalue weighted by Gasteiger charge is 2.48. The SMILES string of the molecule is Cn1nnnc1SCC(N)(C(=O)O)C1CC1. The quantitative estimate of drug-likeness (QED) is 0.671. The second kappa shape index (κ2) is 4.02. The Balaban J connectivity index is 2.02. The Kier molecular flexibility index (Phi) is 2.85. The summed E-state index contributed by atoms with van der Waals surface area (Å²) in [6.07, 6.45) is 1.78. The third-order valence-corrected chi connectivity index (χ3v) is 3.95. The number of carbonyl (C=O) groups is 1. The van der Waals surface area contributed by atoms with Crippen molar-refractivity contribution in [1.29, 1.82) is 0 Å². The van der Waals surface area contributed by atoms with E-state index in [1.54, 1.807) is 7.05 Å². The average Bonchev–Trinajstić information content (AvgIpc) is 3.00. The molecule has 0 saturated heterocycles. The van der Waals surface area contributed by atoms with Crippen LogP contribution in [0.25, 0.3) is 0 Å². The first-order chi connectivity index (χ1) is 7.54. The van der Waals surface area contributed by atoms with Crippen molar-refractivity contribution in [3.63, 3.8) is 0 Å². The Morgan fingerprint density at radius 3 is 2.88 bits per heavy atom. The van der Waals surface area contributed by atoms with E-state index in [1.165, 1.54) is 16.4 Å². The number of tetrazole rings is 1. The van der Waals surface area contributed by atoms with Gasteiger partial charge in [0.2, 0.25) is 5.16 Å². The third-order valence-electron chi connectivity index (χ3n) is 2.73. The predicted molar refractivity (Wildman–Crippen MR) is 56.8 cm³/mol. The lowest BCUT2D eigenvalue weighted by Crippen LogP contribution is -2.52. The van der Waals surface area contributed by atoms with Gasteiger partial charge in [-0.1, -0.05) is 11.8 Å². The van der Waals surface area contributed by atoms with E-state index in [9.17, 15) is 4.79 Å². The van der Waals surface area contributed by atoms with E-state index in [0.717, 1.165) is 12.8 Å². The van der Waals surface area contributed by atoms with Crippen LogP contribution in [0.5, 0.6) is 0 Å². The van der Waals surface area contributed by atoms with Crippen molar-refractivity contribution in [3.8, 4) is 0 Å². The van der Waals surface area contributed by atoms with Crippen molar-refractivity contribution in [2.45, 2.75) is 23.5 Å². The molecule has 1 heterocycles. The summed E-state index contributed by atoms with van der Waals surface area (Å²) in [5.41, 5.74) is 4.76. The topological polar surface area (TPSA) is 107 Å². The van der Waals surface area contributed by atoms with Gasteiger partial charge in [0.1, 0.15) is 5.54 Å². The Morgan fingerprint density at radius 2 is 2.44 bits per heavy atom. The molecule has 1 aliphatic carbocycles. The molecule has 1 saturated carbocycles. The first-order valence-corrected chi connectivity index (χ1v) is 5.90. The number of thioether (sulfide) groups is 1. The molecule has 0 aromatic carbocycles. The fourth-order valence-corrected chi connectivity index (χ4v) is 2.52. The molecule has 8 heteroatoms. The van der Waals surface area contributed by atoms with Crippen molar-refractivity contribution >= 4 is 17.7 Å². The number of rotatable bonds is 5. The molecule has 0 spiro atoms. The molecule has 0 bridgehead atoms. The van der Waals surface area contributed by atoms with Gasteiger partial charge in [-0.2, -0.15) is 0 Å². The molecule has 88 valence electrons. The summed E-state index contributed by atoms with van der Waals surface area (Å²) >= 11 is 1.28. The number of hydrogen-bond acceptors (Lipinski definition) is 6. The zero-order valence-corrected chi connectivity index (χ0v) is 9.65. The van der Waals surface area contributed by atoms with Gasteiger partial charge in [0.05, 0.1) is 0 Å². The van der Waals surface area contributed by atoms with Crippen LogP contribution < -0.4 is 5.73 Å². The minimum Gasteiger partial charge on any atom is -0.480 e. The zero-order valence-electron chi connectivity index (χ0n) is 8.83. The zero-order chi connectivity index (χ0) is 11.8. The predicted octanol–water partition coefficient (Wildman–Crippen LogP) is -0.506.